The Kier molecular flexibility index (Phi) is 2.92. The molecule has 1 N–H and O–H groups in total. The van der Waals surface area contributed by atoms with Crippen molar-refractivity contribution in [2.45, 2.75) is 25.0 Å². The summed E-state index contributed by atoms with van der Waals surface area (Å²) < 4.78 is 5.12. The van der Waals surface area contributed by atoms with E-state index >= 15 is 0 Å². The van der Waals surface area contributed by atoms with Crippen LogP contribution in [0.25, 0.3) is 0 Å². The van der Waals surface area contributed by atoms with Crippen LogP contribution >= 0.6 is 0 Å². The summed E-state index contributed by atoms with van der Waals surface area (Å²) in [7, 11) is 5.17. The van der Waals surface area contributed by atoms with Gasteiger partial charge >= 0.3 is 6.03 Å². The van der Waals surface area contributed by atoms with E-state index in [0.29, 0.717) is 12.1 Å². The minimum atomic E-state index is -0.0189. The predicted octanol–water partition coefficient (Wildman–Crippen LogP) is 0.435. The number of nitrogens with one attached hydrogen (secondary N) is 1. The van der Waals surface area contributed by atoms with Gasteiger partial charge in [-0.25, -0.2) is 4.79 Å². The third-order valence-electron chi connectivity index (χ3n) is 2.49. The Hall–Kier alpha value is -0.770. The number of amides is 2. The van der Waals surface area contributed by atoms with E-state index in [-0.39, 0.29) is 6.03 Å². The Bertz CT molecular complexity index is 166. The van der Waals surface area contributed by atoms with E-state index in [2.05, 4.69) is 5.32 Å². The molecule has 0 unspecified atom stereocenters. The molecular weight excluding hydrogens is 156 g/mol. The summed E-state index contributed by atoms with van der Waals surface area (Å²) in [6.45, 7) is 0. The molecule has 70 valence electrons. The van der Waals surface area contributed by atoms with Crippen LogP contribution in [-0.4, -0.2) is 44.3 Å². The van der Waals surface area contributed by atoms with Gasteiger partial charge in [-0.15, -0.1) is 0 Å². The van der Waals surface area contributed by atoms with Crippen LogP contribution in [0.5, 0.6) is 0 Å². The number of methoxy groups -OCH3 is 1. The minimum absolute atomic E-state index is 0.0189. The van der Waals surface area contributed by atoms with Crippen molar-refractivity contribution < 1.29 is 9.53 Å². The monoisotopic (exact) mass is 172 g/mol. The van der Waals surface area contributed by atoms with E-state index < -0.39 is 0 Å². The molecule has 12 heavy (non-hydrogen) atoms. The number of urea groups is 1. The Morgan fingerprint density at radius 1 is 1.58 bits per heavy atom. The van der Waals surface area contributed by atoms with Crippen LogP contribution in [0, 0.1) is 0 Å². The second-order valence-corrected chi connectivity index (χ2v) is 3.15. The van der Waals surface area contributed by atoms with Gasteiger partial charge in [-0.1, -0.05) is 0 Å². The van der Waals surface area contributed by atoms with Crippen molar-refractivity contribution >= 4 is 6.03 Å². The molecule has 2 amide bonds. The van der Waals surface area contributed by atoms with Crippen molar-refractivity contribution in [1.29, 1.82) is 0 Å². The Labute approximate surface area is 72.9 Å². The molecule has 1 aliphatic rings. The number of rotatable bonds is 2. The summed E-state index contributed by atoms with van der Waals surface area (Å²) in [6, 6.07) is 0.337. The number of hydrogen-bond acceptors (Lipinski definition) is 2. The summed E-state index contributed by atoms with van der Waals surface area (Å²) in [5, 5.41) is 2.59. The van der Waals surface area contributed by atoms with E-state index in [1.807, 2.05) is 7.05 Å². The average Bonchev–Trinajstić information content (AvgIpc) is 2.01. The summed E-state index contributed by atoms with van der Waals surface area (Å²) in [6.07, 6.45) is 2.27. The van der Waals surface area contributed by atoms with E-state index in [9.17, 15) is 4.79 Å². The highest BCUT2D eigenvalue weighted by molar-refractivity contribution is 5.73. The lowest BCUT2D eigenvalue weighted by atomic mass is 9.88. The van der Waals surface area contributed by atoms with Crippen molar-refractivity contribution in [3.8, 4) is 0 Å². The number of carbonyl (C=O) groups excluding carboxylic acids is 1. The van der Waals surface area contributed by atoms with Gasteiger partial charge in [-0.2, -0.15) is 0 Å². The molecular formula is C8H16N2O2. The molecule has 1 saturated carbocycles. The van der Waals surface area contributed by atoms with Crippen molar-refractivity contribution in [1.82, 2.24) is 10.2 Å². The molecule has 4 heteroatoms. The van der Waals surface area contributed by atoms with E-state index in [0.717, 1.165) is 12.8 Å². The molecule has 0 spiro atoms. The first-order valence-corrected chi connectivity index (χ1v) is 4.16. The van der Waals surface area contributed by atoms with Crippen LogP contribution in [0.15, 0.2) is 0 Å². The van der Waals surface area contributed by atoms with Crippen molar-refractivity contribution in [2.75, 3.05) is 21.2 Å². The molecule has 0 saturated heterocycles. The highest BCUT2D eigenvalue weighted by Gasteiger charge is 2.33. The lowest BCUT2D eigenvalue weighted by molar-refractivity contribution is -0.00826. The fourth-order valence-corrected chi connectivity index (χ4v) is 1.39. The van der Waals surface area contributed by atoms with Gasteiger partial charge in [0.1, 0.15) is 0 Å². The highest BCUT2D eigenvalue weighted by atomic mass is 16.5. The predicted molar refractivity (Wildman–Crippen MR) is 46.0 cm³/mol. The highest BCUT2D eigenvalue weighted by Crippen LogP contribution is 2.26. The molecule has 4 nitrogen and oxygen atoms in total. The fraction of sp³-hybridized carbons (Fsp3) is 0.875. The van der Waals surface area contributed by atoms with Crippen LogP contribution in [0.2, 0.25) is 0 Å². The molecule has 0 atom stereocenters. The first-order chi connectivity index (χ1) is 5.69. The van der Waals surface area contributed by atoms with Crippen molar-refractivity contribution in [2.24, 2.45) is 0 Å². The van der Waals surface area contributed by atoms with Gasteiger partial charge < -0.3 is 15.0 Å². The maximum absolute atomic E-state index is 11.1. The van der Waals surface area contributed by atoms with Crippen molar-refractivity contribution in [3.05, 3.63) is 0 Å². The van der Waals surface area contributed by atoms with E-state index in [1.54, 1.807) is 19.1 Å². The van der Waals surface area contributed by atoms with Gasteiger partial charge in [0, 0.05) is 27.2 Å². The molecule has 0 radical (unpaired) electrons. The standard InChI is InChI=1S/C8H16N2O2/c1-9-8(11)10(2)6-4-7(5-6)12-3/h6-7H,4-5H2,1-3H3,(H,9,11). The number of carbonyl (C=O) groups is 1. The van der Waals surface area contributed by atoms with E-state index in [4.69, 9.17) is 4.74 Å². The topological polar surface area (TPSA) is 41.6 Å². The maximum atomic E-state index is 11.1. The molecule has 0 bridgehead atoms. The third-order valence-corrected chi connectivity index (χ3v) is 2.49. The largest absolute Gasteiger partial charge is 0.381 e. The first-order valence-electron chi connectivity index (χ1n) is 4.16. The quantitative estimate of drug-likeness (QED) is 0.656. The van der Waals surface area contributed by atoms with Crippen LogP contribution in [0.1, 0.15) is 12.8 Å². The average molecular weight is 172 g/mol. The maximum Gasteiger partial charge on any atom is 0.317 e. The third kappa shape index (κ3) is 1.69. The zero-order valence-electron chi connectivity index (χ0n) is 7.83. The van der Waals surface area contributed by atoms with Gasteiger partial charge in [0.2, 0.25) is 0 Å². The summed E-state index contributed by atoms with van der Waals surface area (Å²) >= 11 is 0. The van der Waals surface area contributed by atoms with Crippen LogP contribution < -0.4 is 5.32 Å². The zero-order chi connectivity index (χ0) is 9.14. The molecule has 1 aliphatic carbocycles. The van der Waals surface area contributed by atoms with E-state index in [1.165, 1.54) is 0 Å². The SMILES string of the molecule is CNC(=O)N(C)C1CC(OC)C1. The molecule has 0 aromatic heterocycles. The summed E-state index contributed by atoms with van der Waals surface area (Å²) in [5.74, 6) is 0. The van der Waals surface area contributed by atoms with Crippen LogP contribution in [0.3, 0.4) is 0 Å². The van der Waals surface area contributed by atoms with Gasteiger partial charge in [-0.3, -0.25) is 0 Å². The lowest BCUT2D eigenvalue weighted by Crippen LogP contribution is -2.50. The molecule has 0 aromatic rings. The van der Waals surface area contributed by atoms with Gasteiger partial charge in [0.15, 0.2) is 0 Å². The molecule has 1 fully saturated rings. The molecule has 0 aromatic carbocycles. The Morgan fingerprint density at radius 3 is 2.58 bits per heavy atom. The van der Waals surface area contributed by atoms with Crippen LogP contribution in [0.4, 0.5) is 4.79 Å². The van der Waals surface area contributed by atoms with Crippen LogP contribution in [-0.2, 0) is 4.74 Å². The minimum Gasteiger partial charge on any atom is -0.381 e. The second-order valence-electron chi connectivity index (χ2n) is 3.15. The Morgan fingerprint density at radius 2 is 2.17 bits per heavy atom. The number of hydrogen-bond donors (Lipinski definition) is 1. The lowest BCUT2D eigenvalue weighted by Gasteiger charge is -2.39. The number of nitrogens with zero attached hydrogens (tertiary/aromatic N) is 1. The number of ether oxygens (including phenoxy) is 1. The van der Waals surface area contributed by atoms with Gasteiger partial charge in [-0.05, 0) is 12.8 Å². The zero-order valence-corrected chi connectivity index (χ0v) is 7.83. The van der Waals surface area contributed by atoms with Crippen molar-refractivity contribution in [3.63, 3.8) is 0 Å². The summed E-state index contributed by atoms with van der Waals surface area (Å²) in [4.78, 5) is 12.8. The smallest absolute Gasteiger partial charge is 0.317 e. The summed E-state index contributed by atoms with van der Waals surface area (Å²) in [5.41, 5.74) is 0. The molecule has 0 aliphatic heterocycles. The second kappa shape index (κ2) is 3.76. The molecule has 1 rings (SSSR count). The Balaban J connectivity index is 2.27. The van der Waals surface area contributed by atoms with Gasteiger partial charge in [0.05, 0.1) is 6.10 Å². The fourth-order valence-electron chi connectivity index (χ4n) is 1.39. The van der Waals surface area contributed by atoms with Gasteiger partial charge in [0.25, 0.3) is 0 Å². The normalized spacial score (nSPS) is 27.6. The first kappa shape index (κ1) is 9.32. The molecule has 0 heterocycles.